The number of amides is 1. The zero-order valence-corrected chi connectivity index (χ0v) is 19.5. The third-order valence-corrected chi connectivity index (χ3v) is 6.53. The molecule has 1 aromatic heterocycles. The third-order valence-electron chi connectivity index (χ3n) is 4.82. The van der Waals surface area contributed by atoms with Gasteiger partial charge in [0.25, 0.3) is 15.9 Å². The van der Waals surface area contributed by atoms with Crippen LogP contribution < -0.4 is 14.8 Å². The number of nitrogens with one attached hydrogen (secondary N) is 2. The standard InChI is InChI=1S/C23H24ClN3O4S/c1-4-31-23-17(6-5-11-25-23)14-26-22(28)20-13-19(9-10-21(20)24)32(29,30)27-18-8-7-15(2)16(3)12-18/h5-13,27H,4,14H2,1-3H3,(H,26,28). The molecule has 0 aliphatic heterocycles. The lowest BCUT2D eigenvalue weighted by Gasteiger charge is -2.13. The summed E-state index contributed by atoms with van der Waals surface area (Å²) in [7, 11) is -3.92. The molecule has 0 fully saturated rings. The molecule has 0 saturated carbocycles. The number of benzene rings is 2. The fourth-order valence-electron chi connectivity index (χ4n) is 2.96. The van der Waals surface area contributed by atoms with Crippen molar-refractivity contribution in [3.63, 3.8) is 0 Å². The SMILES string of the molecule is CCOc1ncccc1CNC(=O)c1cc(S(=O)(=O)Nc2ccc(C)c(C)c2)ccc1Cl. The highest BCUT2D eigenvalue weighted by atomic mass is 35.5. The van der Waals surface area contributed by atoms with Gasteiger partial charge in [0.1, 0.15) is 0 Å². The maximum Gasteiger partial charge on any atom is 0.261 e. The van der Waals surface area contributed by atoms with Gasteiger partial charge in [-0.1, -0.05) is 23.7 Å². The number of sulfonamides is 1. The van der Waals surface area contributed by atoms with Crippen LogP contribution in [0.15, 0.2) is 59.6 Å². The summed E-state index contributed by atoms with van der Waals surface area (Å²) in [5.74, 6) is -0.0835. The van der Waals surface area contributed by atoms with E-state index in [4.69, 9.17) is 16.3 Å². The Morgan fingerprint density at radius 1 is 1.09 bits per heavy atom. The van der Waals surface area contributed by atoms with Gasteiger partial charge in [-0.25, -0.2) is 13.4 Å². The van der Waals surface area contributed by atoms with E-state index in [1.54, 1.807) is 30.5 Å². The van der Waals surface area contributed by atoms with Crippen LogP contribution in [-0.2, 0) is 16.6 Å². The van der Waals surface area contributed by atoms with Crippen molar-refractivity contribution in [1.29, 1.82) is 0 Å². The predicted molar refractivity (Wildman–Crippen MR) is 125 cm³/mol. The number of carbonyl (C=O) groups is 1. The molecule has 3 rings (SSSR count). The number of hydrogen-bond donors (Lipinski definition) is 2. The highest BCUT2D eigenvalue weighted by molar-refractivity contribution is 7.92. The quantitative estimate of drug-likeness (QED) is 0.502. The Balaban J connectivity index is 1.80. The minimum Gasteiger partial charge on any atom is -0.478 e. The Hall–Kier alpha value is -3.10. The summed E-state index contributed by atoms with van der Waals surface area (Å²) in [5.41, 5.74) is 3.20. The average molecular weight is 474 g/mol. The van der Waals surface area contributed by atoms with Crippen molar-refractivity contribution < 1.29 is 17.9 Å². The minimum absolute atomic E-state index is 0.0523. The van der Waals surface area contributed by atoms with E-state index in [0.29, 0.717) is 23.7 Å². The van der Waals surface area contributed by atoms with E-state index < -0.39 is 15.9 Å². The van der Waals surface area contributed by atoms with Crippen LogP contribution in [0.25, 0.3) is 0 Å². The summed E-state index contributed by atoms with van der Waals surface area (Å²) in [6.45, 7) is 6.28. The summed E-state index contributed by atoms with van der Waals surface area (Å²) >= 11 is 6.19. The molecule has 7 nitrogen and oxygen atoms in total. The van der Waals surface area contributed by atoms with Gasteiger partial charge in [0.2, 0.25) is 5.88 Å². The number of halogens is 1. The molecule has 0 saturated heterocycles. The summed E-state index contributed by atoms with van der Waals surface area (Å²) in [6, 6.07) is 12.8. The van der Waals surface area contributed by atoms with Crippen LogP contribution in [0.4, 0.5) is 5.69 Å². The molecule has 0 aliphatic rings. The Bertz CT molecular complexity index is 1250. The van der Waals surface area contributed by atoms with Gasteiger partial charge >= 0.3 is 0 Å². The molecule has 0 radical (unpaired) electrons. The predicted octanol–water partition coefficient (Wildman–Crippen LogP) is 4.48. The minimum atomic E-state index is -3.92. The van der Waals surface area contributed by atoms with Gasteiger partial charge in [-0.05, 0) is 68.3 Å². The van der Waals surface area contributed by atoms with Crippen LogP contribution in [0, 0.1) is 13.8 Å². The van der Waals surface area contributed by atoms with Crippen molar-refractivity contribution in [3.8, 4) is 5.88 Å². The lowest BCUT2D eigenvalue weighted by atomic mass is 10.1. The van der Waals surface area contributed by atoms with Crippen LogP contribution >= 0.6 is 11.6 Å². The van der Waals surface area contributed by atoms with E-state index in [0.717, 1.165) is 11.1 Å². The van der Waals surface area contributed by atoms with Crippen molar-refractivity contribution >= 4 is 33.2 Å². The zero-order chi connectivity index (χ0) is 23.3. The smallest absolute Gasteiger partial charge is 0.261 e. The highest BCUT2D eigenvalue weighted by Crippen LogP contribution is 2.24. The third kappa shape index (κ3) is 5.57. The molecule has 9 heteroatoms. The van der Waals surface area contributed by atoms with Crippen LogP contribution in [-0.4, -0.2) is 25.9 Å². The van der Waals surface area contributed by atoms with E-state index in [9.17, 15) is 13.2 Å². The van der Waals surface area contributed by atoms with Crippen molar-refractivity contribution in [1.82, 2.24) is 10.3 Å². The molecule has 32 heavy (non-hydrogen) atoms. The van der Waals surface area contributed by atoms with E-state index in [1.165, 1.54) is 18.2 Å². The number of carbonyl (C=O) groups excluding carboxylic acids is 1. The van der Waals surface area contributed by atoms with Crippen molar-refractivity contribution in [2.75, 3.05) is 11.3 Å². The molecule has 3 aromatic rings. The molecule has 168 valence electrons. The molecule has 0 bridgehead atoms. The van der Waals surface area contributed by atoms with Crippen LogP contribution in [0.5, 0.6) is 5.88 Å². The Morgan fingerprint density at radius 3 is 2.59 bits per heavy atom. The monoisotopic (exact) mass is 473 g/mol. The number of ether oxygens (including phenoxy) is 1. The Kier molecular flexibility index (Phi) is 7.37. The number of hydrogen-bond acceptors (Lipinski definition) is 5. The molecule has 0 aliphatic carbocycles. The summed E-state index contributed by atoms with van der Waals surface area (Å²) in [6.07, 6.45) is 1.60. The zero-order valence-electron chi connectivity index (χ0n) is 18.0. The first-order valence-corrected chi connectivity index (χ1v) is 11.8. The lowest BCUT2D eigenvalue weighted by molar-refractivity contribution is 0.0950. The van der Waals surface area contributed by atoms with Crippen LogP contribution in [0.1, 0.15) is 34.0 Å². The van der Waals surface area contributed by atoms with Crippen molar-refractivity contribution in [3.05, 3.63) is 82.0 Å². The van der Waals surface area contributed by atoms with Gasteiger partial charge in [0.05, 0.1) is 22.1 Å². The Morgan fingerprint density at radius 2 is 1.88 bits per heavy atom. The van der Waals surface area contributed by atoms with Gasteiger partial charge in [-0.15, -0.1) is 0 Å². The van der Waals surface area contributed by atoms with Crippen molar-refractivity contribution in [2.24, 2.45) is 0 Å². The van der Waals surface area contributed by atoms with Gasteiger partial charge in [0.15, 0.2) is 0 Å². The molecule has 0 atom stereocenters. The van der Waals surface area contributed by atoms with Gasteiger partial charge in [-0.3, -0.25) is 9.52 Å². The first kappa shape index (κ1) is 23.6. The van der Waals surface area contributed by atoms with Gasteiger partial charge in [-0.2, -0.15) is 0 Å². The van der Waals surface area contributed by atoms with E-state index >= 15 is 0 Å². The molecule has 1 heterocycles. The highest BCUT2D eigenvalue weighted by Gasteiger charge is 2.19. The molecule has 2 aromatic carbocycles. The number of anilines is 1. The molecule has 0 spiro atoms. The lowest BCUT2D eigenvalue weighted by Crippen LogP contribution is -2.24. The van der Waals surface area contributed by atoms with E-state index in [2.05, 4.69) is 15.0 Å². The molecular formula is C23H24ClN3O4S. The van der Waals surface area contributed by atoms with Crippen LogP contribution in [0.2, 0.25) is 5.02 Å². The van der Waals surface area contributed by atoms with Crippen LogP contribution in [0.3, 0.4) is 0 Å². The first-order chi connectivity index (χ1) is 15.2. The second-order valence-electron chi connectivity index (χ2n) is 7.13. The molecular weight excluding hydrogens is 450 g/mol. The summed E-state index contributed by atoms with van der Waals surface area (Å²) < 4.78 is 33.7. The topological polar surface area (TPSA) is 97.4 Å². The first-order valence-electron chi connectivity index (χ1n) is 9.95. The molecule has 2 N–H and O–H groups in total. The fourth-order valence-corrected chi connectivity index (χ4v) is 4.24. The summed E-state index contributed by atoms with van der Waals surface area (Å²) in [5, 5.41) is 2.88. The maximum absolute atomic E-state index is 12.9. The molecule has 0 unspecified atom stereocenters. The second kappa shape index (κ2) is 10.0. The van der Waals surface area contributed by atoms with Gasteiger partial charge in [0, 0.05) is 24.0 Å². The normalized spacial score (nSPS) is 11.1. The largest absolute Gasteiger partial charge is 0.478 e. The maximum atomic E-state index is 12.9. The average Bonchev–Trinajstić information content (AvgIpc) is 2.75. The van der Waals surface area contributed by atoms with Gasteiger partial charge < -0.3 is 10.1 Å². The van der Waals surface area contributed by atoms with Crippen molar-refractivity contribution in [2.45, 2.75) is 32.2 Å². The second-order valence-corrected chi connectivity index (χ2v) is 9.22. The number of aromatic nitrogens is 1. The number of nitrogens with zero attached hydrogens (tertiary/aromatic N) is 1. The Labute approximate surface area is 192 Å². The fraction of sp³-hybridized carbons (Fsp3) is 0.217. The number of pyridine rings is 1. The van der Waals surface area contributed by atoms with E-state index in [1.807, 2.05) is 26.8 Å². The summed E-state index contributed by atoms with van der Waals surface area (Å²) in [4.78, 5) is 16.8. The number of aryl methyl sites for hydroxylation is 2. The van der Waals surface area contributed by atoms with E-state index in [-0.39, 0.29) is 22.0 Å². The number of rotatable bonds is 8. The molecule has 1 amide bonds.